The Morgan fingerprint density at radius 1 is 0.676 bits per heavy atom. The lowest BCUT2D eigenvalue weighted by atomic mass is 10.0. The van der Waals surface area contributed by atoms with Crippen molar-refractivity contribution >= 4 is 51.3 Å². The number of aryl methyl sites for hydroxylation is 1. The quantitative estimate of drug-likeness (QED) is 0.315. The van der Waals surface area contributed by atoms with Gasteiger partial charge in [0.25, 0.3) is 0 Å². The predicted molar refractivity (Wildman–Crippen MR) is 142 cm³/mol. The van der Waals surface area contributed by atoms with Gasteiger partial charge in [-0.1, -0.05) is 72.8 Å². The number of benzene rings is 4. The van der Waals surface area contributed by atoms with Gasteiger partial charge in [0.2, 0.25) is 11.8 Å². The van der Waals surface area contributed by atoms with Crippen LogP contribution in [0.25, 0.3) is 10.8 Å². The van der Waals surface area contributed by atoms with Crippen LogP contribution >= 0.6 is 12.2 Å². The van der Waals surface area contributed by atoms with Gasteiger partial charge < -0.3 is 16.0 Å². The molecule has 34 heavy (non-hydrogen) atoms. The fourth-order valence-electron chi connectivity index (χ4n) is 3.72. The van der Waals surface area contributed by atoms with Crippen molar-refractivity contribution in [3.05, 3.63) is 108 Å². The fraction of sp³-hybridized carbons (Fsp3) is 0.107. The van der Waals surface area contributed by atoms with E-state index in [0.29, 0.717) is 18.5 Å². The first-order valence-corrected chi connectivity index (χ1v) is 11.5. The van der Waals surface area contributed by atoms with Gasteiger partial charge in [-0.2, -0.15) is 0 Å². The first-order valence-electron chi connectivity index (χ1n) is 11.1. The Bertz CT molecular complexity index is 1300. The number of thiocarbonyl (C=S) groups is 1. The van der Waals surface area contributed by atoms with Crippen molar-refractivity contribution in [1.82, 2.24) is 5.32 Å². The molecule has 2 amide bonds. The molecule has 0 atom stereocenters. The summed E-state index contributed by atoms with van der Waals surface area (Å²) in [5.41, 5.74) is 3.51. The Kier molecular flexibility index (Phi) is 7.63. The zero-order valence-corrected chi connectivity index (χ0v) is 19.4. The van der Waals surface area contributed by atoms with Crippen molar-refractivity contribution in [3.63, 3.8) is 0 Å². The molecule has 6 heteroatoms. The third kappa shape index (κ3) is 6.49. The molecule has 0 aromatic heterocycles. The van der Waals surface area contributed by atoms with Crippen molar-refractivity contribution in [2.75, 3.05) is 10.6 Å². The van der Waals surface area contributed by atoms with E-state index in [1.807, 2.05) is 72.8 Å². The van der Waals surface area contributed by atoms with E-state index in [4.69, 9.17) is 12.2 Å². The average Bonchev–Trinajstić information content (AvgIpc) is 2.85. The van der Waals surface area contributed by atoms with Gasteiger partial charge in [0.15, 0.2) is 5.11 Å². The highest BCUT2D eigenvalue weighted by Crippen LogP contribution is 2.19. The Labute approximate surface area is 204 Å². The van der Waals surface area contributed by atoms with Crippen molar-refractivity contribution in [2.24, 2.45) is 0 Å². The first-order chi connectivity index (χ1) is 16.6. The molecule has 3 N–H and O–H groups in total. The number of carbonyl (C=O) groups is 2. The van der Waals surface area contributed by atoms with E-state index in [2.05, 4.69) is 16.0 Å². The number of fused-ring (bicyclic) bond motifs is 1. The van der Waals surface area contributed by atoms with E-state index in [9.17, 15) is 9.59 Å². The topological polar surface area (TPSA) is 70.2 Å². The Morgan fingerprint density at radius 3 is 2.09 bits per heavy atom. The summed E-state index contributed by atoms with van der Waals surface area (Å²) in [6, 6.07) is 31.0. The zero-order valence-electron chi connectivity index (χ0n) is 18.6. The molecule has 0 aliphatic heterocycles. The first kappa shape index (κ1) is 23.1. The highest BCUT2D eigenvalue weighted by Gasteiger charge is 2.09. The standard InChI is InChI=1S/C28H25N3O2S/c32-26(18-13-20-7-2-1-3-8-20)29-23-14-16-24(17-15-23)30-28(34)31-27(33)19-22-11-6-10-21-9-4-5-12-25(21)22/h1-12,14-17H,13,18-19H2,(H,29,32)(H2,30,31,33,34). The monoisotopic (exact) mass is 467 g/mol. The van der Waals surface area contributed by atoms with E-state index >= 15 is 0 Å². The molecule has 0 aliphatic rings. The molecule has 4 aromatic rings. The maximum absolute atomic E-state index is 12.5. The molecule has 0 spiro atoms. The van der Waals surface area contributed by atoms with Gasteiger partial charge in [0, 0.05) is 17.8 Å². The summed E-state index contributed by atoms with van der Waals surface area (Å²) in [7, 11) is 0. The average molecular weight is 468 g/mol. The summed E-state index contributed by atoms with van der Waals surface area (Å²) in [4.78, 5) is 24.7. The molecule has 0 radical (unpaired) electrons. The number of hydrogen-bond acceptors (Lipinski definition) is 3. The maximum atomic E-state index is 12.5. The minimum absolute atomic E-state index is 0.0409. The molecular weight excluding hydrogens is 442 g/mol. The van der Waals surface area contributed by atoms with Gasteiger partial charge in [-0.3, -0.25) is 9.59 Å². The van der Waals surface area contributed by atoms with Crippen molar-refractivity contribution < 1.29 is 9.59 Å². The molecule has 0 unspecified atom stereocenters. The molecule has 4 aromatic carbocycles. The fourth-order valence-corrected chi connectivity index (χ4v) is 3.95. The van der Waals surface area contributed by atoms with E-state index in [1.165, 1.54) is 0 Å². The second-order valence-corrected chi connectivity index (χ2v) is 8.34. The van der Waals surface area contributed by atoms with E-state index in [-0.39, 0.29) is 23.3 Å². The van der Waals surface area contributed by atoms with Crippen LogP contribution in [0.15, 0.2) is 97.1 Å². The number of carbonyl (C=O) groups excluding carboxylic acids is 2. The van der Waals surface area contributed by atoms with Crippen molar-refractivity contribution in [3.8, 4) is 0 Å². The smallest absolute Gasteiger partial charge is 0.230 e. The molecule has 4 rings (SSSR count). The molecule has 0 saturated heterocycles. The lowest BCUT2D eigenvalue weighted by Crippen LogP contribution is -2.35. The minimum Gasteiger partial charge on any atom is -0.332 e. The van der Waals surface area contributed by atoms with Crippen LogP contribution in [0.5, 0.6) is 0 Å². The van der Waals surface area contributed by atoms with Crippen LogP contribution in [0.3, 0.4) is 0 Å². The summed E-state index contributed by atoms with van der Waals surface area (Å²) >= 11 is 5.30. The van der Waals surface area contributed by atoms with Crippen LogP contribution in [0.4, 0.5) is 11.4 Å². The molecule has 170 valence electrons. The van der Waals surface area contributed by atoms with E-state index in [1.54, 1.807) is 24.3 Å². The summed E-state index contributed by atoms with van der Waals surface area (Å²) < 4.78 is 0. The largest absolute Gasteiger partial charge is 0.332 e. The number of nitrogens with one attached hydrogen (secondary N) is 3. The highest BCUT2D eigenvalue weighted by molar-refractivity contribution is 7.80. The molecule has 0 heterocycles. The summed E-state index contributed by atoms with van der Waals surface area (Å²) in [5, 5.41) is 11.0. The molecule has 0 aliphatic carbocycles. The SMILES string of the molecule is O=C(Cc1cccc2ccccc12)NC(=S)Nc1ccc(NC(=O)CCc2ccccc2)cc1. The Balaban J connectivity index is 1.25. The molecule has 5 nitrogen and oxygen atoms in total. The zero-order chi connectivity index (χ0) is 23.8. The maximum Gasteiger partial charge on any atom is 0.230 e. The molecule has 0 bridgehead atoms. The van der Waals surface area contributed by atoms with Crippen molar-refractivity contribution in [2.45, 2.75) is 19.3 Å². The molecule has 0 fully saturated rings. The van der Waals surface area contributed by atoms with Gasteiger partial charge in [-0.05, 0) is 64.8 Å². The predicted octanol–water partition coefficient (Wildman–Crippen LogP) is 5.47. The second-order valence-electron chi connectivity index (χ2n) is 7.93. The summed E-state index contributed by atoms with van der Waals surface area (Å²) in [6.45, 7) is 0. The van der Waals surface area contributed by atoms with Crippen LogP contribution in [0.2, 0.25) is 0 Å². The number of rotatable bonds is 7. The minimum atomic E-state index is -0.184. The molecular formula is C28H25N3O2S. The van der Waals surface area contributed by atoms with Crippen LogP contribution in [-0.2, 0) is 22.4 Å². The Hall–Kier alpha value is -4.03. The van der Waals surface area contributed by atoms with Crippen molar-refractivity contribution in [1.29, 1.82) is 0 Å². The van der Waals surface area contributed by atoms with Crippen LogP contribution in [0.1, 0.15) is 17.5 Å². The van der Waals surface area contributed by atoms with Gasteiger partial charge in [-0.15, -0.1) is 0 Å². The third-order valence-electron chi connectivity index (χ3n) is 5.39. The van der Waals surface area contributed by atoms with Crippen LogP contribution in [0, 0.1) is 0 Å². The second kappa shape index (κ2) is 11.2. The van der Waals surface area contributed by atoms with E-state index in [0.717, 1.165) is 27.6 Å². The number of amides is 2. The van der Waals surface area contributed by atoms with Gasteiger partial charge >= 0.3 is 0 Å². The van der Waals surface area contributed by atoms with Gasteiger partial charge in [-0.25, -0.2) is 0 Å². The van der Waals surface area contributed by atoms with Gasteiger partial charge in [0.1, 0.15) is 0 Å². The Morgan fingerprint density at radius 2 is 1.32 bits per heavy atom. The summed E-state index contributed by atoms with van der Waals surface area (Å²) in [5.74, 6) is -0.225. The van der Waals surface area contributed by atoms with Crippen LogP contribution < -0.4 is 16.0 Å². The number of anilines is 2. The highest BCUT2D eigenvalue weighted by atomic mass is 32.1. The lowest BCUT2D eigenvalue weighted by Gasteiger charge is -2.11. The van der Waals surface area contributed by atoms with Crippen LogP contribution in [-0.4, -0.2) is 16.9 Å². The third-order valence-corrected chi connectivity index (χ3v) is 5.60. The van der Waals surface area contributed by atoms with Gasteiger partial charge in [0.05, 0.1) is 6.42 Å². The lowest BCUT2D eigenvalue weighted by molar-refractivity contribution is -0.119. The molecule has 0 saturated carbocycles. The normalized spacial score (nSPS) is 10.5. The van der Waals surface area contributed by atoms with E-state index < -0.39 is 0 Å². The number of hydrogen-bond donors (Lipinski definition) is 3. The summed E-state index contributed by atoms with van der Waals surface area (Å²) in [6.07, 6.45) is 1.34.